The van der Waals surface area contributed by atoms with E-state index < -0.39 is 11.2 Å². The van der Waals surface area contributed by atoms with E-state index in [-0.39, 0.29) is 11.7 Å². The molecular formula is C42H40ClNO5. The van der Waals surface area contributed by atoms with Crippen molar-refractivity contribution in [3.8, 4) is 11.1 Å². The van der Waals surface area contributed by atoms with Crippen LogP contribution in [0.5, 0.6) is 0 Å². The lowest BCUT2D eigenvalue weighted by atomic mass is 9.95. The minimum absolute atomic E-state index is 0.0955. The van der Waals surface area contributed by atoms with E-state index in [0.717, 1.165) is 44.5 Å². The van der Waals surface area contributed by atoms with Gasteiger partial charge >= 0.3 is 5.97 Å². The highest BCUT2D eigenvalue weighted by molar-refractivity contribution is 6.67. The molecule has 7 heteroatoms. The van der Waals surface area contributed by atoms with Crippen LogP contribution >= 0.6 is 11.6 Å². The third-order valence-corrected chi connectivity index (χ3v) is 9.00. The van der Waals surface area contributed by atoms with Gasteiger partial charge < -0.3 is 10.4 Å². The highest BCUT2D eigenvalue weighted by Crippen LogP contribution is 2.37. The summed E-state index contributed by atoms with van der Waals surface area (Å²) in [6.07, 6.45) is 1.21. The topological polar surface area (TPSA) is 101 Å². The average Bonchev–Trinajstić information content (AvgIpc) is 3.47. The monoisotopic (exact) mass is 673 g/mol. The Morgan fingerprint density at radius 2 is 1.12 bits per heavy atom. The van der Waals surface area contributed by atoms with Gasteiger partial charge in [0.05, 0.1) is 11.3 Å². The third kappa shape index (κ3) is 9.18. The predicted octanol–water partition coefficient (Wildman–Crippen LogP) is 10.0. The number of benzene rings is 5. The molecule has 0 heterocycles. The zero-order valence-corrected chi connectivity index (χ0v) is 29.4. The fourth-order valence-electron chi connectivity index (χ4n) is 5.40. The molecule has 250 valence electrons. The van der Waals surface area contributed by atoms with Gasteiger partial charge in [0, 0.05) is 23.1 Å². The van der Waals surface area contributed by atoms with Gasteiger partial charge in [-0.2, -0.15) is 0 Å². The van der Waals surface area contributed by atoms with Gasteiger partial charge in [-0.05, 0) is 152 Å². The molecule has 0 fully saturated rings. The molecule has 0 spiro atoms. The van der Waals surface area contributed by atoms with Crippen molar-refractivity contribution in [3.05, 3.63) is 158 Å². The molecule has 0 aromatic heterocycles. The van der Waals surface area contributed by atoms with Crippen LogP contribution in [0.15, 0.2) is 97.1 Å². The number of rotatable bonds is 5. The molecule has 5 aromatic carbocycles. The van der Waals surface area contributed by atoms with Crippen LogP contribution in [-0.2, 0) is 6.42 Å². The molecule has 0 bridgehead atoms. The Balaban J connectivity index is 0.000000202. The number of Topliss-reactive ketones (excluding diaryl/α,β-unsaturated/α-hetero) is 1. The number of aryl methyl sites for hydroxylation is 6. The van der Waals surface area contributed by atoms with Gasteiger partial charge in [-0.3, -0.25) is 14.4 Å². The van der Waals surface area contributed by atoms with Crippen LogP contribution in [0.1, 0.15) is 86.8 Å². The summed E-state index contributed by atoms with van der Waals surface area (Å²) in [4.78, 5) is 46.4. The summed E-state index contributed by atoms with van der Waals surface area (Å²) < 4.78 is 0. The number of aromatic carboxylic acids is 1. The van der Waals surface area contributed by atoms with Gasteiger partial charge in [-0.15, -0.1) is 0 Å². The van der Waals surface area contributed by atoms with E-state index in [1.165, 1.54) is 5.56 Å². The largest absolute Gasteiger partial charge is 0.478 e. The summed E-state index contributed by atoms with van der Waals surface area (Å²) in [5, 5.41) is 11.2. The standard InChI is InChI=1S/C24H21NO2.C9H9ClO.C9H10O2/c1-15-8-9-18(14-16(15)2)24(27)25-21-12-10-19(17-6-4-3-5-7-17)20-11-13-22(26)23(20)21;2*1-6-3-4-8(9(10)11)5-7(6)2/h3-10,12,14H,11,13H2,1-2H3,(H,25,27);3-5H,1-2H3;3-5H,1-2H3,(H,10,11). The second-order valence-corrected chi connectivity index (χ2v) is 12.6. The third-order valence-electron chi connectivity index (χ3n) is 8.78. The fourth-order valence-corrected chi connectivity index (χ4v) is 5.51. The Morgan fingerprint density at radius 3 is 1.65 bits per heavy atom. The SMILES string of the molecule is Cc1ccc(C(=O)Cl)cc1C.Cc1ccc(C(=O)Nc2ccc(-c3ccccc3)c3c2C(=O)CC3)cc1C.Cc1ccc(C(=O)O)cc1C. The van der Waals surface area contributed by atoms with Crippen molar-refractivity contribution < 1.29 is 24.3 Å². The molecule has 49 heavy (non-hydrogen) atoms. The molecule has 0 aliphatic heterocycles. The predicted molar refractivity (Wildman–Crippen MR) is 197 cm³/mol. The van der Waals surface area contributed by atoms with E-state index in [4.69, 9.17) is 16.7 Å². The van der Waals surface area contributed by atoms with Crippen LogP contribution in [0.2, 0.25) is 0 Å². The van der Waals surface area contributed by atoms with Crippen molar-refractivity contribution >= 4 is 40.2 Å². The molecule has 1 aliphatic rings. The summed E-state index contributed by atoms with van der Waals surface area (Å²) >= 11 is 5.29. The summed E-state index contributed by atoms with van der Waals surface area (Å²) in [5.41, 5.74) is 12.6. The average molecular weight is 674 g/mol. The number of ketones is 1. The van der Waals surface area contributed by atoms with E-state index in [2.05, 4.69) is 5.32 Å². The molecule has 2 N–H and O–H groups in total. The van der Waals surface area contributed by atoms with Gasteiger partial charge in [0.15, 0.2) is 5.78 Å². The van der Waals surface area contributed by atoms with Gasteiger partial charge in [0.1, 0.15) is 0 Å². The van der Waals surface area contributed by atoms with Gasteiger partial charge in [0.2, 0.25) is 0 Å². The molecular weight excluding hydrogens is 634 g/mol. The minimum atomic E-state index is -0.867. The summed E-state index contributed by atoms with van der Waals surface area (Å²) in [6, 6.07) is 30.1. The van der Waals surface area contributed by atoms with E-state index in [1.807, 2.05) is 114 Å². The van der Waals surface area contributed by atoms with Crippen molar-refractivity contribution in [3.63, 3.8) is 0 Å². The lowest BCUT2D eigenvalue weighted by molar-refractivity contribution is 0.0696. The number of hydrogen-bond donors (Lipinski definition) is 2. The van der Waals surface area contributed by atoms with Gasteiger partial charge in [0.25, 0.3) is 11.1 Å². The Labute approximate surface area is 292 Å². The van der Waals surface area contributed by atoms with Crippen LogP contribution in [0.25, 0.3) is 11.1 Å². The van der Waals surface area contributed by atoms with Crippen LogP contribution in [0, 0.1) is 41.5 Å². The Kier molecular flexibility index (Phi) is 12.1. The first-order chi connectivity index (χ1) is 23.3. The Hall–Kier alpha value is -5.33. The van der Waals surface area contributed by atoms with E-state index in [9.17, 15) is 19.2 Å². The maximum atomic E-state index is 12.7. The minimum Gasteiger partial charge on any atom is -0.478 e. The molecule has 0 saturated heterocycles. The molecule has 0 atom stereocenters. The van der Waals surface area contributed by atoms with Gasteiger partial charge in [-0.1, -0.05) is 54.6 Å². The van der Waals surface area contributed by atoms with E-state index in [0.29, 0.717) is 40.8 Å². The zero-order chi connectivity index (χ0) is 35.8. The number of halogens is 1. The van der Waals surface area contributed by atoms with Crippen LogP contribution < -0.4 is 5.32 Å². The van der Waals surface area contributed by atoms with Crippen molar-refractivity contribution in [1.82, 2.24) is 0 Å². The molecule has 1 aliphatic carbocycles. The molecule has 6 nitrogen and oxygen atoms in total. The number of anilines is 1. The number of carboxylic acids is 1. The van der Waals surface area contributed by atoms with Crippen LogP contribution in [-0.4, -0.2) is 28.0 Å². The lowest BCUT2D eigenvalue weighted by Crippen LogP contribution is -2.14. The smallest absolute Gasteiger partial charge is 0.335 e. The number of hydrogen-bond acceptors (Lipinski definition) is 4. The second kappa shape index (κ2) is 16.2. The first kappa shape index (κ1) is 36.5. The van der Waals surface area contributed by atoms with Gasteiger partial charge in [-0.25, -0.2) is 4.79 Å². The van der Waals surface area contributed by atoms with Crippen molar-refractivity contribution in [2.45, 2.75) is 54.4 Å². The Bertz CT molecular complexity index is 1990. The highest BCUT2D eigenvalue weighted by atomic mass is 35.5. The Morgan fingerprint density at radius 1 is 0.612 bits per heavy atom. The summed E-state index contributed by atoms with van der Waals surface area (Å²) in [6.45, 7) is 11.8. The summed E-state index contributed by atoms with van der Waals surface area (Å²) in [5.74, 6) is -0.960. The molecule has 6 rings (SSSR count). The normalized spacial score (nSPS) is 11.4. The number of nitrogens with one attached hydrogen (secondary N) is 1. The summed E-state index contributed by atoms with van der Waals surface area (Å²) in [7, 11) is 0. The van der Waals surface area contributed by atoms with E-state index >= 15 is 0 Å². The van der Waals surface area contributed by atoms with Crippen molar-refractivity contribution in [1.29, 1.82) is 0 Å². The number of amides is 1. The molecule has 0 radical (unpaired) electrons. The highest BCUT2D eigenvalue weighted by Gasteiger charge is 2.27. The molecule has 0 unspecified atom stereocenters. The number of fused-ring (bicyclic) bond motifs is 1. The number of carboxylic acid groups (broad SMARTS) is 1. The lowest BCUT2D eigenvalue weighted by Gasteiger charge is -2.14. The molecule has 1 amide bonds. The number of carbonyl (C=O) groups excluding carboxylic acids is 3. The maximum absolute atomic E-state index is 12.7. The maximum Gasteiger partial charge on any atom is 0.335 e. The van der Waals surface area contributed by atoms with E-state index in [1.54, 1.807) is 24.3 Å². The fraction of sp³-hybridized carbons (Fsp3) is 0.190. The van der Waals surface area contributed by atoms with Crippen molar-refractivity contribution in [2.75, 3.05) is 5.32 Å². The first-order valence-electron chi connectivity index (χ1n) is 16.0. The first-order valence-corrected chi connectivity index (χ1v) is 16.3. The zero-order valence-electron chi connectivity index (χ0n) is 28.6. The molecule has 5 aromatic rings. The molecule has 0 saturated carbocycles. The van der Waals surface area contributed by atoms with Crippen molar-refractivity contribution in [2.24, 2.45) is 0 Å². The number of carbonyl (C=O) groups is 4. The quantitative estimate of drug-likeness (QED) is 0.181. The van der Waals surface area contributed by atoms with Crippen LogP contribution in [0.4, 0.5) is 5.69 Å². The van der Waals surface area contributed by atoms with Crippen LogP contribution in [0.3, 0.4) is 0 Å². The second-order valence-electron chi connectivity index (χ2n) is 12.2.